The van der Waals surface area contributed by atoms with Gasteiger partial charge in [-0.2, -0.15) is 0 Å². The third kappa shape index (κ3) is 3.90. The molecule has 0 bridgehead atoms. The van der Waals surface area contributed by atoms with Gasteiger partial charge in [-0.15, -0.1) is 0 Å². The SMILES string of the molecule is CN(C)c1cccc(C(=O)N2CCC(C(=O)c3ccccc3)CC2)c1. The number of amides is 1. The van der Waals surface area contributed by atoms with Crippen LogP contribution in [0.15, 0.2) is 54.6 Å². The Morgan fingerprint density at radius 1 is 0.920 bits per heavy atom. The van der Waals surface area contributed by atoms with Gasteiger partial charge >= 0.3 is 0 Å². The average Bonchev–Trinajstić information content (AvgIpc) is 2.67. The highest BCUT2D eigenvalue weighted by molar-refractivity contribution is 5.98. The number of likely N-dealkylation sites (tertiary alicyclic amines) is 1. The van der Waals surface area contributed by atoms with Gasteiger partial charge in [-0.1, -0.05) is 36.4 Å². The lowest BCUT2D eigenvalue weighted by Gasteiger charge is -2.31. The van der Waals surface area contributed by atoms with E-state index in [4.69, 9.17) is 0 Å². The number of anilines is 1. The van der Waals surface area contributed by atoms with Crippen LogP contribution in [-0.4, -0.2) is 43.8 Å². The standard InChI is InChI=1S/C21H24N2O2/c1-22(2)19-10-6-9-18(15-19)21(25)23-13-11-17(12-14-23)20(24)16-7-4-3-5-8-16/h3-10,15,17H,11-14H2,1-2H3. The highest BCUT2D eigenvalue weighted by atomic mass is 16.2. The third-order valence-corrected chi connectivity index (χ3v) is 4.82. The van der Waals surface area contributed by atoms with Crippen LogP contribution >= 0.6 is 0 Å². The van der Waals surface area contributed by atoms with Gasteiger partial charge in [-0.25, -0.2) is 0 Å². The lowest BCUT2D eigenvalue weighted by atomic mass is 9.88. The predicted molar refractivity (Wildman–Crippen MR) is 100 cm³/mol. The maximum absolute atomic E-state index is 12.7. The molecule has 4 nitrogen and oxygen atoms in total. The zero-order valence-corrected chi connectivity index (χ0v) is 14.8. The van der Waals surface area contributed by atoms with Crippen LogP contribution in [0, 0.1) is 5.92 Å². The van der Waals surface area contributed by atoms with Gasteiger partial charge in [0.05, 0.1) is 0 Å². The van der Waals surface area contributed by atoms with Crippen LogP contribution in [-0.2, 0) is 0 Å². The quantitative estimate of drug-likeness (QED) is 0.803. The number of carbonyl (C=O) groups is 2. The Morgan fingerprint density at radius 2 is 1.56 bits per heavy atom. The first-order valence-corrected chi connectivity index (χ1v) is 8.72. The number of hydrogen-bond donors (Lipinski definition) is 0. The molecule has 1 saturated heterocycles. The Labute approximate surface area is 149 Å². The molecule has 1 amide bonds. The number of nitrogens with zero attached hydrogens (tertiary/aromatic N) is 2. The van der Waals surface area contributed by atoms with Crippen LogP contribution in [0.2, 0.25) is 0 Å². The molecule has 0 aromatic heterocycles. The van der Waals surface area contributed by atoms with Crippen molar-refractivity contribution in [2.75, 3.05) is 32.1 Å². The maximum atomic E-state index is 12.7. The molecule has 0 atom stereocenters. The van der Waals surface area contributed by atoms with E-state index in [1.807, 2.05) is 78.5 Å². The van der Waals surface area contributed by atoms with Gasteiger partial charge in [-0.05, 0) is 31.0 Å². The van der Waals surface area contributed by atoms with Crippen LogP contribution < -0.4 is 4.90 Å². The summed E-state index contributed by atoms with van der Waals surface area (Å²) in [6.45, 7) is 1.27. The predicted octanol–water partition coefficient (Wildman–Crippen LogP) is 3.49. The summed E-state index contributed by atoms with van der Waals surface area (Å²) < 4.78 is 0. The molecule has 0 saturated carbocycles. The van der Waals surface area contributed by atoms with E-state index in [9.17, 15) is 9.59 Å². The number of hydrogen-bond acceptors (Lipinski definition) is 3. The molecule has 0 N–H and O–H groups in total. The Bertz CT molecular complexity index is 748. The second-order valence-electron chi connectivity index (χ2n) is 6.74. The Kier molecular flexibility index (Phi) is 5.17. The Hall–Kier alpha value is -2.62. The van der Waals surface area contributed by atoms with Gasteiger partial charge in [-0.3, -0.25) is 9.59 Å². The highest BCUT2D eigenvalue weighted by Crippen LogP contribution is 2.24. The number of Topliss-reactive ketones (excluding diaryl/α,β-unsaturated/α-hetero) is 1. The first-order valence-electron chi connectivity index (χ1n) is 8.72. The van der Waals surface area contributed by atoms with E-state index in [1.54, 1.807) is 0 Å². The molecule has 4 heteroatoms. The zero-order valence-electron chi connectivity index (χ0n) is 14.8. The van der Waals surface area contributed by atoms with E-state index in [0.29, 0.717) is 18.7 Å². The molecule has 1 heterocycles. The smallest absolute Gasteiger partial charge is 0.253 e. The number of benzene rings is 2. The molecule has 25 heavy (non-hydrogen) atoms. The minimum absolute atomic E-state index is 0.0135. The summed E-state index contributed by atoms with van der Waals surface area (Å²) in [6, 6.07) is 17.1. The fourth-order valence-electron chi connectivity index (χ4n) is 3.28. The number of carbonyl (C=O) groups excluding carboxylic acids is 2. The molecule has 3 rings (SSSR count). The average molecular weight is 336 g/mol. The van der Waals surface area contributed by atoms with Crippen molar-refractivity contribution < 1.29 is 9.59 Å². The fraction of sp³-hybridized carbons (Fsp3) is 0.333. The highest BCUT2D eigenvalue weighted by Gasteiger charge is 2.28. The molecule has 2 aromatic rings. The molecule has 1 aliphatic rings. The molecule has 0 radical (unpaired) electrons. The van der Waals surface area contributed by atoms with E-state index in [0.717, 1.165) is 24.1 Å². The van der Waals surface area contributed by atoms with Crippen molar-refractivity contribution in [2.24, 2.45) is 5.92 Å². The molecular weight excluding hydrogens is 312 g/mol. The van der Waals surface area contributed by atoms with Crippen molar-refractivity contribution in [3.05, 3.63) is 65.7 Å². The summed E-state index contributed by atoms with van der Waals surface area (Å²) in [7, 11) is 3.93. The van der Waals surface area contributed by atoms with Gasteiger partial charge in [0.1, 0.15) is 0 Å². The van der Waals surface area contributed by atoms with Crippen LogP contribution in [0.25, 0.3) is 0 Å². The molecule has 0 aliphatic carbocycles. The van der Waals surface area contributed by atoms with Crippen molar-refractivity contribution in [3.63, 3.8) is 0 Å². The third-order valence-electron chi connectivity index (χ3n) is 4.82. The van der Waals surface area contributed by atoms with E-state index in [2.05, 4.69) is 0 Å². The Balaban J connectivity index is 1.63. The van der Waals surface area contributed by atoms with Gasteiger partial charge in [0.25, 0.3) is 5.91 Å². The summed E-state index contributed by atoms with van der Waals surface area (Å²) in [4.78, 5) is 29.2. The maximum Gasteiger partial charge on any atom is 0.253 e. The monoisotopic (exact) mass is 336 g/mol. The first-order chi connectivity index (χ1) is 12.1. The molecule has 0 spiro atoms. The molecule has 1 fully saturated rings. The van der Waals surface area contributed by atoms with Crippen molar-refractivity contribution in [1.29, 1.82) is 0 Å². The minimum atomic E-state index is 0.0135. The topological polar surface area (TPSA) is 40.6 Å². The zero-order chi connectivity index (χ0) is 17.8. The normalized spacial score (nSPS) is 15.0. The fourth-order valence-corrected chi connectivity index (χ4v) is 3.28. The molecule has 1 aliphatic heterocycles. The summed E-state index contributed by atoms with van der Waals surface area (Å²) in [5.74, 6) is 0.260. The lowest BCUT2D eigenvalue weighted by Crippen LogP contribution is -2.40. The number of piperidine rings is 1. The summed E-state index contributed by atoms with van der Waals surface area (Å²) >= 11 is 0. The van der Waals surface area contributed by atoms with Crippen molar-refractivity contribution in [3.8, 4) is 0 Å². The van der Waals surface area contributed by atoms with Gasteiger partial charge < -0.3 is 9.80 Å². The van der Waals surface area contributed by atoms with Gasteiger partial charge in [0, 0.05) is 49.9 Å². The second-order valence-corrected chi connectivity index (χ2v) is 6.74. The van der Waals surface area contributed by atoms with Crippen LogP contribution in [0.5, 0.6) is 0 Å². The van der Waals surface area contributed by atoms with Crippen molar-refractivity contribution >= 4 is 17.4 Å². The molecule has 130 valence electrons. The summed E-state index contributed by atoms with van der Waals surface area (Å²) in [5.41, 5.74) is 2.49. The minimum Gasteiger partial charge on any atom is -0.378 e. The van der Waals surface area contributed by atoms with Crippen LogP contribution in [0.1, 0.15) is 33.6 Å². The van der Waals surface area contributed by atoms with Gasteiger partial charge in [0.2, 0.25) is 0 Å². The summed E-state index contributed by atoms with van der Waals surface area (Å²) in [6.07, 6.45) is 1.46. The largest absolute Gasteiger partial charge is 0.378 e. The van der Waals surface area contributed by atoms with Crippen LogP contribution in [0.3, 0.4) is 0 Å². The first kappa shape index (κ1) is 17.2. The second kappa shape index (κ2) is 7.51. The number of ketones is 1. The van der Waals surface area contributed by atoms with Crippen molar-refractivity contribution in [1.82, 2.24) is 4.90 Å². The van der Waals surface area contributed by atoms with Crippen molar-refractivity contribution in [2.45, 2.75) is 12.8 Å². The van der Waals surface area contributed by atoms with E-state index >= 15 is 0 Å². The van der Waals surface area contributed by atoms with Crippen LogP contribution in [0.4, 0.5) is 5.69 Å². The van der Waals surface area contributed by atoms with E-state index in [1.165, 1.54) is 0 Å². The molecule has 2 aromatic carbocycles. The Morgan fingerprint density at radius 3 is 2.20 bits per heavy atom. The summed E-state index contributed by atoms with van der Waals surface area (Å²) in [5, 5.41) is 0. The molecule has 0 unspecified atom stereocenters. The lowest BCUT2D eigenvalue weighted by molar-refractivity contribution is 0.0650. The molecular formula is C21H24N2O2. The van der Waals surface area contributed by atoms with E-state index in [-0.39, 0.29) is 17.6 Å². The van der Waals surface area contributed by atoms with Gasteiger partial charge in [0.15, 0.2) is 5.78 Å². The number of rotatable bonds is 4. The van der Waals surface area contributed by atoms with E-state index < -0.39 is 0 Å².